The lowest BCUT2D eigenvalue weighted by atomic mass is 10.2. The highest BCUT2D eigenvalue weighted by molar-refractivity contribution is 7.11. The maximum Gasteiger partial charge on any atom is 0.0666 e. The highest BCUT2D eigenvalue weighted by atomic mass is 32.1. The Morgan fingerprint density at radius 1 is 0.857 bits per heavy atom. The first-order chi connectivity index (χ1) is 10.4. The molecule has 0 saturated heterocycles. The van der Waals surface area contributed by atoms with Crippen molar-refractivity contribution in [3.05, 3.63) is 88.6 Å². The molecule has 3 heteroatoms. The number of hydrazone groups is 1. The van der Waals surface area contributed by atoms with Crippen LogP contribution in [0.2, 0.25) is 0 Å². The minimum atomic E-state index is 0.757. The average molecular weight is 292 g/mol. The highest BCUT2D eigenvalue weighted by Crippen LogP contribution is 2.17. The fraction of sp³-hybridized carbons (Fsp3) is 0.0556. The summed E-state index contributed by atoms with van der Waals surface area (Å²) < 4.78 is 0. The lowest BCUT2D eigenvalue weighted by molar-refractivity contribution is 0.859. The summed E-state index contributed by atoms with van der Waals surface area (Å²) in [7, 11) is 0. The largest absolute Gasteiger partial charge is 0.261 e. The molecule has 0 radical (unpaired) electrons. The van der Waals surface area contributed by atoms with Crippen molar-refractivity contribution >= 4 is 23.2 Å². The maximum absolute atomic E-state index is 4.65. The molecule has 0 fully saturated rings. The van der Waals surface area contributed by atoms with E-state index in [4.69, 9.17) is 0 Å². The van der Waals surface area contributed by atoms with Crippen LogP contribution in [0.5, 0.6) is 0 Å². The van der Waals surface area contributed by atoms with Crippen LogP contribution in [0.4, 0.5) is 5.69 Å². The van der Waals surface area contributed by atoms with E-state index in [9.17, 15) is 0 Å². The number of rotatable bonds is 5. The Labute approximate surface area is 129 Å². The quantitative estimate of drug-likeness (QED) is 0.487. The van der Waals surface area contributed by atoms with Gasteiger partial charge in [0.25, 0.3) is 0 Å². The second-order valence-corrected chi connectivity index (χ2v) is 5.62. The summed E-state index contributed by atoms with van der Waals surface area (Å²) in [6.07, 6.45) is 1.92. The van der Waals surface area contributed by atoms with Crippen LogP contribution in [0.25, 0.3) is 0 Å². The molecule has 21 heavy (non-hydrogen) atoms. The number of hydrogen-bond donors (Lipinski definition) is 0. The van der Waals surface area contributed by atoms with Crippen molar-refractivity contribution in [1.29, 1.82) is 0 Å². The molecule has 0 bridgehead atoms. The van der Waals surface area contributed by atoms with E-state index in [2.05, 4.69) is 52.9 Å². The van der Waals surface area contributed by atoms with Crippen molar-refractivity contribution in [2.75, 3.05) is 5.01 Å². The van der Waals surface area contributed by atoms with Crippen LogP contribution in [-0.2, 0) is 6.54 Å². The minimum absolute atomic E-state index is 0.757. The van der Waals surface area contributed by atoms with Gasteiger partial charge in [-0.2, -0.15) is 5.10 Å². The zero-order chi connectivity index (χ0) is 14.3. The molecule has 0 saturated carbocycles. The van der Waals surface area contributed by atoms with E-state index in [1.165, 1.54) is 5.56 Å². The first-order valence-electron chi connectivity index (χ1n) is 6.86. The first kappa shape index (κ1) is 13.6. The van der Waals surface area contributed by atoms with Gasteiger partial charge in [0.1, 0.15) is 0 Å². The van der Waals surface area contributed by atoms with Gasteiger partial charge >= 0.3 is 0 Å². The zero-order valence-electron chi connectivity index (χ0n) is 11.6. The lowest BCUT2D eigenvalue weighted by Crippen LogP contribution is -2.15. The van der Waals surface area contributed by atoms with Crippen LogP contribution in [-0.4, -0.2) is 6.21 Å². The third-order valence-electron chi connectivity index (χ3n) is 3.10. The van der Waals surface area contributed by atoms with E-state index >= 15 is 0 Å². The van der Waals surface area contributed by atoms with Crippen molar-refractivity contribution in [2.45, 2.75) is 6.54 Å². The number of hydrogen-bond acceptors (Lipinski definition) is 3. The molecule has 0 aliphatic heterocycles. The standard InChI is InChI=1S/C18H16N2S/c1-3-8-16(9-4-1)15-20(17-10-5-2-6-11-17)19-14-18-12-7-13-21-18/h1-14H,15H2. The van der Waals surface area contributed by atoms with Crippen LogP contribution < -0.4 is 5.01 Å². The monoisotopic (exact) mass is 292 g/mol. The summed E-state index contributed by atoms with van der Waals surface area (Å²) in [6.45, 7) is 0.757. The van der Waals surface area contributed by atoms with Crippen molar-refractivity contribution in [1.82, 2.24) is 0 Å². The molecule has 2 nitrogen and oxygen atoms in total. The molecular weight excluding hydrogens is 276 g/mol. The summed E-state index contributed by atoms with van der Waals surface area (Å²) in [4.78, 5) is 1.16. The van der Waals surface area contributed by atoms with Gasteiger partial charge in [-0.15, -0.1) is 11.3 Å². The molecule has 3 aromatic rings. The molecule has 1 aromatic heterocycles. The predicted molar refractivity (Wildman–Crippen MR) is 91.0 cm³/mol. The number of thiophene rings is 1. The number of anilines is 1. The van der Waals surface area contributed by atoms with Crippen LogP contribution >= 0.6 is 11.3 Å². The van der Waals surface area contributed by atoms with Crippen molar-refractivity contribution in [3.63, 3.8) is 0 Å². The first-order valence-corrected chi connectivity index (χ1v) is 7.74. The van der Waals surface area contributed by atoms with E-state index in [1.54, 1.807) is 11.3 Å². The summed E-state index contributed by atoms with van der Waals surface area (Å²) in [5.74, 6) is 0. The predicted octanol–water partition coefficient (Wildman–Crippen LogP) is 4.79. The Hall–Kier alpha value is -2.39. The molecule has 0 atom stereocenters. The van der Waals surface area contributed by atoms with Crippen LogP contribution in [0.3, 0.4) is 0 Å². The van der Waals surface area contributed by atoms with Crippen LogP contribution in [0.1, 0.15) is 10.4 Å². The Bertz CT molecular complexity index is 676. The smallest absolute Gasteiger partial charge is 0.0666 e. The highest BCUT2D eigenvalue weighted by Gasteiger charge is 2.05. The molecule has 0 unspecified atom stereocenters. The molecule has 0 aliphatic rings. The van der Waals surface area contributed by atoms with E-state index in [0.717, 1.165) is 17.1 Å². The lowest BCUT2D eigenvalue weighted by Gasteiger charge is -2.19. The van der Waals surface area contributed by atoms with Gasteiger partial charge in [-0.3, -0.25) is 5.01 Å². The van der Waals surface area contributed by atoms with Crippen molar-refractivity contribution < 1.29 is 0 Å². The Kier molecular flexibility index (Phi) is 4.44. The van der Waals surface area contributed by atoms with Gasteiger partial charge in [-0.25, -0.2) is 0 Å². The van der Waals surface area contributed by atoms with Gasteiger partial charge in [0.15, 0.2) is 0 Å². The molecule has 3 rings (SSSR count). The van der Waals surface area contributed by atoms with Gasteiger partial charge < -0.3 is 0 Å². The molecule has 104 valence electrons. The van der Waals surface area contributed by atoms with E-state index < -0.39 is 0 Å². The van der Waals surface area contributed by atoms with Crippen LogP contribution in [0, 0.1) is 0 Å². The second-order valence-electron chi connectivity index (χ2n) is 4.64. The van der Waals surface area contributed by atoms with E-state index in [-0.39, 0.29) is 0 Å². The summed E-state index contributed by atoms with van der Waals surface area (Å²) in [6, 6.07) is 24.7. The fourth-order valence-electron chi connectivity index (χ4n) is 2.05. The maximum atomic E-state index is 4.65. The van der Waals surface area contributed by atoms with Gasteiger partial charge in [0, 0.05) is 4.88 Å². The SMILES string of the molecule is C(=NN(Cc1ccccc1)c1ccccc1)c1cccs1. The second kappa shape index (κ2) is 6.86. The number of para-hydroxylation sites is 1. The number of benzene rings is 2. The Balaban J connectivity index is 1.84. The summed E-state index contributed by atoms with van der Waals surface area (Å²) in [5.41, 5.74) is 2.33. The van der Waals surface area contributed by atoms with Gasteiger partial charge in [-0.1, -0.05) is 54.6 Å². The third-order valence-corrected chi connectivity index (χ3v) is 3.90. The van der Waals surface area contributed by atoms with Crippen LogP contribution in [0.15, 0.2) is 83.3 Å². The molecular formula is C18H16N2S. The van der Waals surface area contributed by atoms with Gasteiger partial charge in [0.05, 0.1) is 18.4 Å². The topological polar surface area (TPSA) is 15.6 Å². The third kappa shape index (κ3) is 3.80. The van der Waals surface area contributed by atoms with Crippen molar-refractivity contribution in [3.8, 4) is 0 Å². The number of nitrogens with zero attached hydrogens (tertiary/aromatic N) is 2. The van der Waals surface area contributed by atoms with E-state index in [1.807, 2.05) is 41.6 Å². The molecule has 1 heterocycles. The summed E-state index contributed by atoms with van der Waals surface area (Å²) >= 11 is 1.69. The fourth-order valence-corrected chi connectivity index (χ4v) is 2.63. The minimum Gasteiger partial charge on any atom is -0.261 e. The molecule has 2 aromatic carbocycles. The molecule has 0 aliphatic carbocycles. The Morgan fingerprint density at radius 2 is 1.57 bits per heavy atom. The molecule has 0 spiro atoms. The van der Waals surface area contributed by atoms with E-state index in [0.29, 0.717) is 0 Å². The zero-order valence-corrected chi connectivity index (χ0v) is 12.4. The van der Waals surface area contributed by atoms with Gasteiger partial charge in [0.2, 0.25) is 0 Å². The molecule has 0 amide bonds. The average Bonchev–Trinajstić information content (AvgIpc) is 3.07. The van der Waals surface area contributed by atoms with Crippen molar-refractivity contribution in [2.24, 2.45) is 5.10 Å². The Morgan fingerprint density at radius 3 is 2.24 bits per heavy atom. The van der Waals surface area contributed by atoms with Gasteiger partial charge in [-0.05, 0) is 29.1 Å². The molecule has 0 N–H and O–H groups in total. The summed E-state index contributed by atoms with van der Waals surface area (Å²) in [5, 5.41) is 8.73. The normalized spacial score (nSPS) is 10.9.